The maximum atomic E-state index is 11.9. The van der Waals surface area contributed by atoms with Gasteiger partial charge in [0, 0.05) is 12.4 Å². The van der Waals surface area contributed by atoms with Crippen LogP contribution in [0.5, 0.6) is 0 Å². The monoisotopic (exact) mass is 283 g/mol. The zero-order valence-corrected chi connectivity index (χ0v) is 11.0. The second kappa shape index (κ2) is 5.01. The Labute approximate surface area is 110 Å². The zero-order valence-electron chi connectivity index (χ0n) is 9.46. The molecule has 1 N–H and O–H groups in total. The van der Waals surface area contributed by atoms with E-state index in [1.807, 2.05) is 0 Å². The molecule has 0 amide bonds. The molecule has 0 saturated heterocycles. The first kappa shape index (κ1) is 12.9. The molecule has 0 fully saturated rings. The van der Waals surface area contributed by atoms with Crippen LogP contribution in [0.15, 0.2) is 41.6 Å². The normalized spacial score (nSPS) is 11.4. The van der Waals surface area contributed by atoms with Crippen molar-refractivity contribution in [2.24, 2.45) is 0 Å². The van der Waals surface area contributed by atoms with Crippen molar-refractivity contribution in [2.45, 2.75) is 4.90 Å². The molecule has 2 rings (SSSR count). The molecule has 7 heteroatoms. The summed E-state index contributed by atoms with van der Waals surface area (Å²) in [6.45, 7) is 0. The maximum Gasteiger partial charge on any atom is 0.242 e. The Morgan fingerprint density at radius 3 is 2.67 bits per heavy atom. The van der Waals surface area contributed by atoms with Crippen LogP contribution in [0.2, 0.25) is 5.02 Å². The van der Waals surface area contributed by atoms with E-state index in [1.54, 1.807) is 24.4 Å². The lowest BCUT2D eigenvalue weighted by Gasteiger charge is -2.08. The minimum Gasteiger partial charge on any atom is -0.255 e. The van der Waals surface area contributed by atoms with Crippen LogP contribution in [0.4, 0.5) is 0 Å². The topological polar surface area (TPSA) is 72.0 Å². The Morgan fingerprint density at radius 2 is 2.06 bits per heavy atom. The van der Waals surface area contributed by atoms with Crippen LogP contribution >= 0.6 is 11.6 Å². The highest BCUT2D eigenvalue weighted by Gasteiger charge is 2.20. The third-order valence-corrected chi connectivity index (χ3v) is 3.92. The lowest BCUT2D eigenvalue weighted by Crippen LogP contribution is -2.20. The molecular weight excluding hydrogens is 274 g/mol. The van der Waals surface area contributed by atoms with Gasteiger partial charge < -0.3 is 0 Å². The molecule has 2 heterocycles. The van der Waals surface area contributed by atoms with E-state index >= 15 is 0 Å². The van der Waals surface area contributed by atoms with E-state index < -0.39 is 10.0 Å². The summed E-state index contributed by atoms with van der Waals surface area (Å²) in [4.78, 5) is 8.15. The van der Waals surface area contributed by atoms with Crippen LogP contribution in [0, 0.1) is 0 Å². The van der Waals surface area contributed by atoms with Crippen molar-refractivity contribution in [3.05, 3.63) is 41.7 Å². The van der Waals surface area contributed by atoms with Gasteiger partial charge in [-0.1, -0.05) is 17.7 Å². The smallest absolute Gasteiger partial charge is 0.242 e. The van der Waals surface area contributed by atoms with Crippen LogP contribution in [0.25, 0.3) is 11.4 Å². The minimum atomic E-state index is -3.64. The summed E-state index contributed by atoms with van der Waals surface area (Å²) in [5, 5.41) is 0.253. The molecular formula is C11H10ClN3O2S. The van der Waals surface area contributed by atoms with Crippen LogP contribution in [0.3, 0.4) is 0 Å². The van der Waals surface area contributed by atoms with E-state index in [1.165, 1.54) is 19.3 Å². The van der Waals surface area contributed by atoms with Crippen LogP contribution in [0.1, 0.15) is 0 Å². The molecule has 2 aromatic rings. The van der Waals surface area contributed by atoms with Gasteiger partial charge in [-0.2, -0.15) is 0 Å². The molecule has 94 valence electrons. The molecule has 0 aliphatic carbocycles. The van der Waals surface area contributed by atoms with Gasteiger partial charge in [0.2, 0.25) is 10.0 Å². The summed E-state index contributed by atoms with van der Waals surface area (Å²) in [6, 6.07) is 6.54. The Balaban J connectivity index is 2.70. The fourth-order valence-corrected chi connectivity index (χ4v) is 2.57. The summed E-state index contributed by atoms with van der Waals surface area (Å²) in [7, 11) is -2.30. The van der Waals surface area contributed by atoms with Crippen LogP contribution in [-0.2, 0) is 10.0 Å². The molecule has 2 aromatic heterocycles. The first-order valence-electron chi connectivity index (χ1n) is 5.05. The van der Waals surface area contributed by atoms with Crippen molar-refractivity contribution in [3.8, 4) is 11.4 Å². The number of aromatic nitrogens is 2. The summed E-state index contributed by atoms with van der Waals surface area (Å²) >= 11 is 5.79. The second-order valence-electron chi connectivity index (χ2n) is 3.42. The molecule has 0 radical (unpaired) electrons. The van der Waals surface area contributed by atoms with Gasteiger partial charge in [-0.15, -0.1) is 0 Å². The number of halogens is 1. The first-order valence-corrected chi connectivity index (χ1v) is 6.91. The van der Waals surface area contributed by atoms with E-state index in [0.29, 0.717) is 5.69 Å². The summed E-state index contributed by atoms with van der Waals surface area (Å²) in [6.07, 6.45) is 2.96. The van der Waals surface area contributed by atoms with Gasteiger partial charge in [-0.05, 0) is 25.2 Å². The Bertz CT molecular complexity index is 659. The quantitative estimate of drug-likeness (QED) is 0.931. The molecule has 5 nitrogen and oxygen atoms in total. The minimum absolute atomic E-state index is 0.0104. The standard InChI is InChI=1S/C11H10ClN3O2S/c1-13-18(16,17)10-6-8(12)7-15-11(10)9-4-2-3-5-14-9/h2-7,13H,1H3. The van der Waals surface area contributed by atoms with Crippen LogP contribution < -0.4 is 4.72 Å². The largest absolute Gasteiger partial charge is 0.255 e. The molecule has 0 unspecified atom stereocenters. The number of sulfonamides is 1. The first-order chi connectivity index (χ1) is 8.54. The van der Waals surface area contributed by atoms with E-state index in [2.05, 4.69) is 14.7 Å². The van der Waals surface area contributed by atoms with Crippen molar-refractivity contribution in [3.63, 3.8) is 0 Å². The van der Waals surface area contributed by atoms with E-state index in [0.717, 1.165) is 0 Å². The number of nitrogens with zero attached hydrogens (tertiary/aromatic N) is 2. The number of hydrogen-bond donors (Lipinski definition) is 1. The lowest BCUT2D eigenvalue weighted by molar-refractivity contribution is 0.588. The fourth-order valence-electron chi connectivity index (χ4n) is 1.43. The SMILES string of the molecule is CNS(=O)(=O)c1cc(Cl)cnc1-c1ccccn1. The van der Waals surface area contributed by atoms with E-state index in [4.69, 9.17) is 11.6 Å². The highest BCUT2D eigenvalue weighted by atomic mass is 35.5. The van der Waals surface area contributed by atoms with Gasteiger partial charge in [0.15, 0.2) is 0 Å². The highest BCUT2D eigenvalue weighted by Crippen LogP contribution is 2.25. The molecule has 0 aliphatic heterocycles. The number of rotatable bonds is 3. The van der Waals surface area contributed by atoms with Gasteiger partial charge in [0.1, 0.15) is 10.6 Å². The average molecular weight is 284 g/mol. The Morgan fingerprint density at radius 1 is 1.28 bits per heavy atom. The predicted octanol–water partition coefficient (Wildman–Crippen LogP) is 1.71. The van der Waals surface area contributed by atoms with Gasteiger partial charge in [-0.3, -0.25) is 9.97 Å². The van der Waals surface area contributed by atoms with Crippen molar-refractivity contribution in [1.29, 1.82) is 0 Å². The molecule has 18 heavy (non-hydrogen) atoms. The Hall–Kier alpha value is -1.50. The van der Waals surface area contributed by atoms with Crippen molar-refractivity contribution in [2.75, 3.05) is 7.05 Å². The summed E-state index contributed by atoms with van der Waals surface area (Å²) < 4.78 is 26.1. The molecule has 0 atom stereocenters. The molecule has 0 saturated carbocycles. The van der Waals surface area contributed by atoms with Gasteiger partial charge in [0.05, 0.1) is 10.7 Å². The lowest BCUT2D eigenvalue weighted by atomic mass is 10.2. The van der Waals surface area contributed by atoms with Crippen LogP contribution in [-0.4, -0.2) is 25.4 Å². The number of pyridine rings is 2. The van der Waals surface area contributed by atoms with Crippen molar-refractivity contribution >= 4 is 21.6 Å². The van der Waals surface area contributed by atoms with E-state index in [-0.39, 0.29) is 15.6 Å². The molecule has 0 bridgehead atoms. The Kier molecular flexibility index (Phi) is 3.60. The van der Waals surface area contributed by atoms with E-state index in [9.17, 15) is 8.42 Å². The van der Waals surface area contributed by atoms with Crippen molar-refractivity contribution < 1.29 is 8.42 Å². The second-order valence-corrected chi connectivity index (χ2v) is 5.71. The van der Waals surface area contributed by atoms with Gasteiger partial charge in [0.25, 0.3) is 0 Å². The number of hydrogen-bond acceptors (Lipinski definition) is 4. The summed E-state index contributed by atoms with van der Waals surface area (Å²) in [5.41, 5.74) is 0.748. The summed E-state index contributed by atoms with van der Waals surface area (Å²) in [5.74, 6) is 0. The third kappa shape index (κ3) is 2.50. The molecule has 0 aromatic carbocycles. The maximum absolute atomic E-state index is 11.9. The predicted molar refractivity (Wildman–Crippen MR) is 68.7 cm³/mol. The molecule has 0 aliphatic rings. The van der Waals surface area contributed by atoms with Gasteiger partial charge in [-0.25, -0.2) is 13.1 Å². The third-order valence-electron chi connectivity index (χ3n) is 2.29. The fraction of sp³-hybridized carbons (Fsp3) is 0.0909. The highest BCUT2D eigenvalue weighted by molar-refractivity contribution is 7.89. The average Bonchev–Trinajstić information content (AvgIpc) is 2.39. The zero-order chi connectivity index (χ0) is 13.2. The molecule has 0 spiro atoms. The van der Waals surface area contributed by atoms with Crippen molar-refractivity contribution in [1.82, 2.24) is 14.7 Å². The van der Waals surface area contributed by atoms with Gasteiger partial charge >= 0.3 is 0 Å². The number of nitrogens with one attached hydrogen (secondary N) is 1.